The van der Waals surface area contributed by atoms with E-state index in [0.29, 0.717) is 43.8 Å². The Bertz CT molecular complexity index is 2340. The number of carbonyl (C=O) groups is 3. The number of unbranched alkanes of at least 4 members (excludes halogenated alkanes) is 1. The van der Waals surface area contributed by atoms with Crippen LogP contribution < -0.4 is 15.6 Å². The van der Waals surface area contributed by atoms with E-state index < -0.39 is 17.5 Å². The van der Waals surface area contributed by atoms with Crippen molar-refractivity contribution in [1.82, 2.24) is 35.2 Å². The summed E-state index contributed by atoms with van der Waals surface area (Å²) in [5.41, 5.74) is 11.0. The molecule has 0 radical (unpaired) electrons. The molecule has 332 valence electrons. The van der Waals surface area contributed by atoms with Gasteiger partial charge in [-0.3, -0.25) is 29.3 Å². The highest BCUT2D eigenvalue weighted by Gasteiger charge is 2.49. The molecule has 2 saturated carbocycles. The van der Waals surface area contributed by atoms with Crippen molar-refractivity contribution < 1.29 is 23.9 Å². The molecule has 4 aromatic rings. The predicted molar refractivity (Wildman–Crippen MR) is 243 cm³/mol. The Morgan fingerprint density at radius 1 is 1.13 bits per heavy atom. The third kappa shape index (κ3) is 8.39. The number of rotatable bonds is 10. The maximum Gasteiger partial charge on any atom is 0.324 e. The van der Waals surface area contributed by atoms with Gasteiger partial charge >= 0.3 is 5.97 Å². The molecule has 6 bridgehead atoms. The van der Waals surface area contributed by atoms with Crippen LogP contribution >= 0.6 is 11.3 Å². The van der Waals surface area contributed by atoms with Crippen LogP contribution in [0.2, 0.25) is 0 Å². The predicted octanol–water partition coefficient (Wildman–Crippen LogP) is 6.92. The average Bonchev–Trinajstić information content (AvgIpc) is 4.16. The maximum atomic E-state index is 14.2. The standard InChI is InChI=1S/C48H64N8O5S/c1-8-10-15-53-17-18-55(41-23-40(41)53)31-21-34(43(49-25-31)29(4)60-7)44-35-24-48(5,6)27-61-47(59)36-12-11-16-56(52-36)46(58)37(51-45(57)32-19-28(32)3)22-42-50-38(26-62-42)30-13-14-39(33(35)20-30)54(44)9-2/h13-14,20-21,25-26,28-29,32,36-37,40-41,52H,8-12,15-19,22-24,27H2,1-7H3,(H,51,57)/t28-,29-,32-,36-,37-,40+,41-/m0/s1. The van der Waals surface area contributed by atoms with Crippen LogP contribution in [0.15, 0.2) is 35.8 Å². The molecule has 62 heavy (non-hydrogen) atoms. The van der Waals surface area contributed by atoms with Crippen LogP contribution in [0, 0.1) is 17.3 Å². The smallest absolute Gasteiger partial charge is 0.324 e. The zero-order valence-electron chi connectivity index (χ0n) is 37.5. The number of benzene rings is 1. The van der Waals surface area contributed by atoms with Crippen molar-refractivity contribution in [2.45, 2.75) is 130 Å². The number of carbonyl (C=O) groups excluding carboxylic acids is 3. The van der Waals surface area contributed by atoms with Crippen LogP contribution in [0.4, 0.5) is 5.69 Å². The van der Waals surface area contributed by atoms with E-state index in [0.717, 1.165) is 75.9 Å². The van der Waals surface area contributed by atoms with Gasteiger partial charge in [-0.2, -0.15) is 0 Å². The first-order valence-corrected chi connectivity index (χ1v) is 23.9. The molecule has 7 atom stereocenters. The number of anilines is 1. The van der Waals surface area contributed by atoms with Gasteiger partial charge in [-0.1, -0.05) is 40.2 Å². The summed E-state index contributed by atoms with van der Waals surface area (Å²) in [5, 5.41) is 8.51. The Hall–Kier alpha value is -4.37. The van der Waals surface area contributed by atoms with Gasteiger partial charge in [0.25, 0.3) is 5.91 Å². The number of cyclic esters (lactones) is 1. The number of nitrogens with one attached hydrogen (secondary N) is 2. The van der Waals surface area contributed by atoms with E-state index in [4.69, 9.17) is 19.4 Å². The van der Waals surface area contributed by atoms with Gasteiger partial charge in [0.1, 0.15) is 12.1 Å². The van der Waals surface area contributed by atoms with E-state index in [9.17, 15) is 14.4 Å². The summed E-state index contributed by atoms with van der Waals surface area (Å²) in [6.45, 7) is 17.5. The molecular weight excluding hydrogens is 801 g/mol. The number of thiazole rings is 1. The second-order valence-corrected chi connectivity index (χ2v) is 20.2. The Labute approximate surface area is 369 Å². The highest BCUT2D eigenvalue weighted by atomic mass is 32.1. The molecule has 2 N–H and O–H groups in total. The molecule has 0 unspecified atom stereocenters. The summed E-state index contributed by atoms with van der Waals surface area (Å²) < 4.78 is 14.6. The first-order chi connectivity index (χ1) is 29.9. The zero-order chi connectivity index (χ0) is 43.4. The molecule has 1 aromatic carbocycles. The molecule has 4 fully saturated rings. The van der Waals surface area contributed by atoms with E-state index >= 15 is 0 Å². The number of nitrogens with zero attached hydrogens (tertiary/aromatic N) is 6. The molecule has 2 aliphatic carbocycles. The van der Waals surface area contributed by atoms with Gasteiger partial charge in [0.05, 0.1) is 46.7 Å². The fourth-order valence-electron chi connectivity index (χ4n) is 10.1. The van der Waals surface area contributed by atoms with Crippen LogP contribution in [-0.2, 0) is 43.2 Å². The van der Waals surface area contributed by atoms with Crippen LogP contribution in [0.25, 0.3) is 33.4 Å². The molecule has 13 nitrogen and oxygen atoms in total. The molecule has 0 spiro atoms. The summed E-state index contributed by atoms with van der Waals surface area (Å²) in [7, 11) is 1.75. The monoisotopic (exact) mass is 864 g/mol. The van der Waals surface area contributed by atoms with E-state index in [2.05, 4.69) is 102 Å². The van der Waals surface area contributed by atoms with E-state index in [1.165, 1.54) is 47.7 Å². The van der Waals surface area contributed by atoms with E-state index in [-0.39, 0.29) is 42.8 Å². The lowest BCUT2D eigenvalue weighted by molar-refractivity contribution is -0.155. The minimum absolute atomic E-state index is 0.0898. The number of aryl methyl sites for hydroxylation is 1. The van der Waals surface area contributed by atoms with Crippen molar-refractivity contribution >= 4 is 45.7 Å². The Morgan fingerprint density at radius 2 is 1.95 bits per heavy atom. The van der Waals surface area contributed by atoms with Gasteiger partial charge in [-0.15, -0.1) is 11.3 Å². The number of amides is 2. The highest BCUT2D eigenvalue weighted by molar-refractivity contribution is 7.10. The number of hydrazine groups is 1. The van der Waals surface area contributed by atoms with Crippen LogP contribution in [0.1, 0.15) is 102 Å². The SMILES string of the molecule is CCCCN1CCN(c2cnc([C@H](C)OC)c(-c3c4c5cc(ccc5n3CC)-c3csc(n3)C[C@H](NC(=O)[C@H]3C[C@@H]3C)C(=O)N3CCC[C@H](N3)C(=O)OCC(C)(C)C4)c2)[C@H]2C[C@H]21. The number of pyridine rings is 1. The Morgan fingerprint density at radius 3 is 2.71 bits per heavy atom. The molecule has 2 saturated heterocycles. The van der Waals surface area contributed by atoms with Gasteiger partial charge < -0.3 is 24.3 Å². The largest absolute Gasteiger partial charge is 0.464 e. The molecule has 3 aliphatic heterocycles. The molecular formula is C48H64N8O5S. The number of piperazine rings is 1. The zero-order valence-corrected chi connectivity index (χ0v) is 38.4. The number of aromatic nitrogens is 3. The molecule has 6 heterocycles. The van der Waals surface area contributed by atoms with Crippen molar-refractivity contribution in [3.8, 4) is 22.5 Å². The van der Waals surface area contributed by atoms with Crippen LogP contribution in [0.3, 0.4) is 0 Å². The van der Waals surface area contributed by atoms with Crippen LogP contribution in [-0.4, -0.2) is 106 Å². The van der Waals surface area contributed by atoms with Gasteiger partial charge in [-0.05, 0) is 88.6 Å². The van der Waals surface area contributed by atoms with Crippen LogP contribution in [0.5, 0.6) is 0 Å². The fraction of sp³-hybridized carbons (Fsp3) is 0.604. The number of hydrogen-bond acceptors (Lipinski definition) is 11. The lowest BCUT2D eigenvalue weighted by atomic mass is 9.84. The number of methoxy groups -OCH3 is 1. The van der Waals surface area contributed by atoms with E-state index in [1.54, 1.807) is 7.11 Å². The summed E-state index contributed by atoms with van der Waals surface area (Å²) in [6.07, 6.45) is 8.31. The molecule has 9 rings (SSSR count). The van der Waals surface area contributed by atoms with Gasteiger partial charge in [0.15, 0.2) is 0 Å². The molecule has 2 amide bonds. The quantitative estimate of drug-likeness (QED) is 0.162. The summed E-state index contributed by atoms with van der Waals surface area (Å²) in [6, 6.07) is 8.54. The average molecular weight is 865 g/mol. The third-order valence-corrected chi connectivity index (χ3v) is 14.9. The lowest BCUT2D eigenvalue weighted by Crippen LogP contribution is -2.60. The number of hydrogen-bond donors (Lipinski definition) is 2. The van der Waals surface area contributed by atoms with Crippen molar-refractivity contribution in [3.63, 3.8) is 0 Å². The van der Waals surface area contributed by atoms with Gasteiger partial charge in [0.2, 0.25) is 5.91 Å². The summed E-state index contributed by atoms with van der Waals surface area (Å²) >= 11 is 1.50. The number of ether oxygens (including phenoxy) is 2. The Kier molecular flexibility index (Phi) is 12.0. The third-order valence-electron chi connectivity index (χ3n) is 14.0. The van der Waals surface area contributed by atoms with Crippen molar-refractivity contribution in [3.05, 3.63) is 52.1 Å². The first-order valence-electron chi connectivity index (χ1n) is 23.1. The molecule has 3 aromatic heterocycles. The molecule has 5 aliphatic rings. The lowest BCUT2D eigenvalue weighted by Gasteiger charge is -2.36. The second kappa shape index (κ2) is 17.3. The first kappa shape index (κ1) is 42.9. The van der Waals surface area contributed by atoms with Crippen molar-refractivity contribution in [2.24, 2.45) is 17.3 Å². The maximum absolute atomic E-state index is 14.2. The Balaban J connectivity index is 1.15. The van der Waals surface area contributed by atoms with Gasteiger partial charge in [0, 0.05) is 90.5 Å². The fourth-order valence-corrected chi connectivity index (χ4v) is 11.0. The van der Waals surface area contributed by atoms with Crippen molar-refractivity contribution in [1.29, 1.82) is 0 Å². The minimum Gasteiger partial charge on any atom is -0.464 e. The minimum atomic E-state index is -0.826. The summed E-state index contributed by atoms with van der Waals surface area (Å²) in [4.78, 5) is 56.9. The molecule has 14 heteroatoms. The van der Waals surface area contributed by atoms with Crippen molar-refractivity contribution in [2.75, 3.05) is 44.8 Å². The number of esters is 1. The highest BCUT2D eigenvalue weighted by Crippen LogP contribution is 2.45. The number of fused-ring (bicyclic) bond motifs is 7. The topological polar surface area (TPSA) is 134 Å². The summed E-state index contributed by atoms with van der Waals surface area (Å²) in [5.74, 6) is -0.549. The van der Waals surface area contributed by atoms with E-state index in [1.807, 2.05) is 0 Å². The normalized spacial score (nSPS) is 26.8. The van der Waals surface area contributed by atoms with Gasteiger partial charge in [-0.25, -0.2) is 10.4 Å². The second-order valence-electron chi connectivity index (χ2n) is 19.2.